The molecule has 0 saturated heterocycles. The van der Waals surface area contributed by atoms with E-state index in [9.17, 15) is 4.79 Å². The van der Waals surface area contributed by atoms with Crippen molar-refractivity contribution in [3.63, 3.8) is 0 Å². The first-order valence-electron chi connectivity index (χ1n) is 7.62. The fraction of sp³-hybridized carbons (Fsp3) is 0.375. The average molecular weight is 457 g/mol. The van der Waals surface area contributed by atoms with Crippen molar-refractivity contribution in [1.82, 2.24) is 30.1 Å². The molecule has 2 heterocycles. The van der Waals surface area contributed by atoms with Crippen LogP contribution in [-0.2, 0) is 11.3 Å². The van der Waals surface area contributed by atoms with Crippen LogP contribution in [0, 0.1) is 0 Å². The number of aliphatic imine (C=N–C) groups is 1. The van der Waals surface area contributed by atoms with E-state index in [2.05, 4.69) is 32.4 Å². The molecule has 8 nitrogen and oxygen atoms in total. The average Bonchev–Trinajstić information content (AvgIpc) is 2.96. The van der Waals surface area contributed by atoms with E-state index in [0.717, 1.165) is 17.0 Å². The minimum atomic E-state index is -0.0345. The summed E-state index contributed by atoms with van der Waals surface area (Å²) in [6.45, 7) is 6.85. The summed E-state index contributed by atoms with van der Waals surface area (Å²) >= 11 is 0. The number of nitrogens with one attached hydrogen (secondary N) is 2. The molecule has 0 bridgehead atoms. The molecule has 0 aliphatic heterocycles. The van der Waals surface area contributed by atoms with Crippen LogP contribution in [0.4, 0.5) is 0 Å². The van der Waals surface area contributed by atoms with Crippen LogP contribution in [0.3, 0.4) is 0 Å². The largest absolute Gasteiger partial charge is 0.353 e. The number of aromatic nitrogens is 3. The third kappa shape index (κ3) is 6.33. The number of guanidine groups is 1. The minimum absolute atomic E-state index is 0. The number of rotatable bonds is 6. The zero-order chi connectivity index (χ0) is 17.5. The Morgan fingerprint density at radius 3 is 2.68 bits per heavy atom. The van der Waals surface area contributed by atoms with Crippen LogP contribution in [-0.4, -0.2) is 58.5 Å². The molecule has 2 N–H and O–H groups in total. The van der Waals surface area contributed by atoms with E-state index in [1.165, 1.54) is 4.90 Å². The maximum absolute atomic E-state index is 11.7. The second-order valence-corrected chi connectivity index (χ2v) is 5.66. The lowest BCUT2D eigenvalue weighted by molar-refractivity contribution is -0.127. The molecule has 0 aliphatic carbocycles. The van der Waals surface area contributed by atoms with Crippen molar-refractivity contribution in [2.45, 2.75) is 13.5 Å². The molecule has 0 aromatic carbocycles. The fourth-order valence-corrected chi connectivity index (χ4v) is 1.87. The predicted molar refractivity (Wildman–Crippen MR) is 109 cm³/mol. The van der Waals surface area contributed by atoms with Crippen molar-refractivity contribution >= 4 is 41.5 Å². The van der Waals surface area contributed by atoms with Crippen molar-refractivity contribution in [1.29, 1.82) is 0 Å². The van der Waals surface area contributed by atoms with Crippen LogP contribution in [0.15, 0.2) is 41.5 Å². The van der Waals surface area contributed by atoms with Gasteiger partial charge in [0, 0.05) is 26.8 Å². The zero-order valence-electron chi connectivity index (χ0n) is 14.7. The monoisotopic (exact) mass is 457 g/mol. The van der Waals surface area contributed by atoms with Crippen LogP contribution < -0.4 is 10.6 Å². The summed E-state index contributed by atoms with van der Waals surface area (Å²) in [6, 6.07) is 5.71. The zero-order valence-corrected chi connectivity index (χ0v) is 17.0. The highest BCUT2D eigenvalue weighted by atomic mass is 127. The Bertz CT molecular complexity index is 754. The van der Waals surface area contributed by atoms with E-state index < -0.39 is 0 Å². The number of carbonyl (C=O) groups is 1. The number of likely N-dealkylation sites (N-methyl/N-ethyl adjacent to an activating group) is 1. The molecule has 25 heavy (non-hydrogen) atoms. The Kier molecular flexibility index (Phi) is 8.32. The lowest BCUT2D eigenvalue weighted by atomic mass is 10.3. The van der Waals surface area contributed by atoms with Gasteiger partial charge in [-0.25, -0.2) is 4.99 Å². The van der Waals surface area contributed by atoms with E-state index in [1.807, 2.05) is 35.7 Å². The van der Waals surface area contributed by atoms with Gasteiger partial charge >= 0.3 is 0 Å². The topological polar surface area (TPSA) is 86.9 Å². The molecule has 1 amide bonds. The molecule has 0 fully saturated rings. The lowest BCUT2D eigenvalue weighted by Crippen LogP contribution is -2.43. The molecule has 0 spiro atoms. The Morgan fingerprint density at radius 1 is 1.28 bits per heavy atom. The van der Waals surface area contributed by atoms with Gasteiger partial charge in [0.15, 0.2) is 17.4 Å². The molecule has 2 rings (SSSR count). The lowest BCUT2D eigenvalue weighted by Gasteiger charge is -2.14. The Morgan fingerprint density at radius 2 is 2.00 bits per heavy atom. The summed E-state index contributed by atoms with van der Waals surface area (Å²) < 4.78 is 1.88. The van der Waals surface area contributed by atoms with Gasteiger partial charge in [0.25, 0.3) is 0 Å². The summed E-state index contributed by atoms with van der Waals surface area (Å²) in [7, 11) is 3.43. The fourth-order valence-electron chi connectivity index (χ4n) is 1.87. The van der Waals surface area contributed by atoms with Gasteiger partial charge in [-0.3, -0.25) is 9.20 Å². The third-order valence-electron chi connectivity index (χ3n) is 3.23. The van der Waals surface area contributed by atoms with Crippen LogP contribution in [0.1, 0.15) is 12.7 Å². The van der Waals surface area contributed by atoms with Gasteiger partial charge < -0.3 is 15.5 Å². The maximum Gasteiger partial charge on any atom is 0.241 e. The van der Waals surface area contributed by atoms with Crippen molar-refractivity contribution in [3.05, 3.63) is 42.4 Å². The molecule has 2 aromatic heterocycles. The third-order valence-corrected chi connectivity index (χ3v) is 3.23. The van der Waals surface area contributed by atoms with Crippen molar-refractivity contribution in [2.75, 3.05) is 27.2 Å². The standard InChI is InChI=1S/C16H23N7O.HI/c1-12(2)9-17-16(19-11-15(24)22(3)4)18-10-14-21-20-13-7-5-6-8-23(13)14;/h5-8H,1,9-11H2,2-4H3,(H2,17,18,19);1H. The molecule has 9 heteroatoms. The molecule has 136 valence electrons. The Balaban J connectivity index is 0.00000312. The second-order valence-electron chi connectivity index (χ2n) is 5.66. The minimum Gasteiger partial charge on any atom is -0.353 e. The van der Waals surface area contributed by atoms with Crippen LogP contribution in [0.25, 0.3) is 5.65 Å². The predicted octanol–water partition coefficient (Wildman–Crippen LogP) is 1.05. The first-order valence-corrected chi connectivity index (χ1v) is 7.62. The SMILES string of the molecule is C=C(C)CNC(=NCc1nnc2ccccn12)NCC(=O)N(C)C.I. The van der Waals surface area contributed by atoms with Gasteiger partial charge in [-0.15, -0.1) is 34.2 Å². The van der Waals surface area contributed by atoms with Gasteiger partial charge in [-0.2, -0.15) is 0 Å². The highest BCUT2D eigenvalue weighted by molar-refractivity contribution is 14.0. The van der Waals surface area contributed by atoms with E-state index >= 15 is 0 Å². The molecule has 2 aromatic rings. The maximum atomic E-state index is 11.7. The number of hydrogen-bond acceptors (Lipinski definition) is 4. The van der Waals surface area contributed by atoms with E-state index in [4.69, 9.17) is 0 Å². The quantitative estimate of drug-likeness (QED) is 0.293. The summed E-state index contributed by atoms with van der Waals surface area (Å²) in [4.78, 5) is 17.7. The van der Waals surface area contributed by atoms with Crippen LogP contribution in [0.2, 0.25) is 0 Å². The highest BCUT2D eigenvalue weighted by Crippen LogP contribution is 2.03. The first kappa shape index (κ1) is 20.9. The molecular formula is C16H24IN7O. The van der Waals surface area contributed by atoms with Crippen molar-refractivity contribution in [2.24, 2.45) is 4.99 Å². The Labute approximate surface area is 164 Å². The number of hydrogen-bond donors (Lipinski definition) is 2. The molecule has 0 saturated carbocycles. The van der Waals surface area contributed by atoms with E-state index in [-0.39, 0.29) is 36.4 Å². The van der Waals surface area contributed by atoms with Gasteiger partial charge in [0.2, 0.25) is 5.91 Å². The number of nitrogens with zero attached hydrogens (tertiary/aromatic N) is 5. The molecule has 0 atom stereocenters. The van der Waals surface area contributed by atoms with Crippen molar-refractivity contribution < 1.29 is 4.79 Å². The molecule has 0 unspecified atom stereocenters. The number of halogens is 1. The summed E-state index contributed by atoms with van der Waals surface area (Å²) in [5, 5.41) is 14.4. The molecule has 0 aliphatic rings. The van der Waals surface area contributed by atoms with Gasteiger partial charge in [-0.1, -0.05) is 18.2 Å². The van der Waals surface area contributed by atoms with Crippen molar-refractivity contribution in [3.8, 4) is 0 Å². The van der Waals surface area contributed by atoms with Crippen LogP contribution >= 0.6 is 24.0 Å². The first-order chi connectivity index (χ1) is 11.5. The normalized spacial score (nSPS) is 10.9. The van der Waals surface area contributed by atoms with Gasteiger partial charge in [-0.05, 0) is 19.1 Å². The summed E-state index contributed by atoms with van der Waals surface area (Å²) in [5.41, 5.74) is 1.74. The summed E-state index contributed by atoms with van der Waals surface area (Å²) in [6.07, 6.45) is 1.89. The van der Waals surface area contributed by atoms with Gasteiger partial charge in [0.05, 0.1) is 6.54 Å². The smallest absolute Gasteiger partial charge is 0.241 e. The van der Waals surface area contributed by atoms with Gasteiger partial charge in [0.1, 0.15) is 6.54 Å². The van der Waals surface area contributed by atoms with Crippen LogP contribution in [0.5, 0.6) is 0 Å². The number of carbonyl (C=O) groups excluding carboxylic acids is 1. The number of amides is 1. The van der Waals surface area contributed by atoms with E-state index in [0.29, 0.717) is 19.0 Å². The molecule has 0 radical (unpaired) electrons. The number of pyridine rings is 1. The number of fused-ring (bicyclic) bond motifs is 1. The summed E-state index contributed by atoms with van der Waals surface area (Å²) in [5.74, 6) is 1.22. The molecular weight excluding hydrogens is 433 g/mol. The Hall–Kier alpha value is -2.17. The second kappa shape index (κ2) is 9.97. The van der Waals surface area contributed by atoms with E-state index in [1.54, 1.807) is 14.1 Å². The highest BCUT2D eigenvalue weighted by Gasteiger charge is 2.07.